The number of methoxy groups -OCH3 is 1. The van der Waals surface area contributed by atoms with Crippen molar-refractivity contribution in [3.05, 3.63) is 98.9 Å². The minimum atomic E-state index is -0.0560. The first-order chi connectivity index (χ1) is 20.5. The van der Waals surface area contributed by atoms with Gasteiger partial charge in [-0.05, 0) is 36.4 Å². The number of thiazole rings is 1. The van der Waals surface area contributed by atoms with E-state index in [4.69, 9.17) is 27.9 Å². The molecule has 1 aliphatic rings. The van der Waals surface area contributed by atoms with Crippen molar-refractivity contribution in [2.45, 2.75) is 10.9 Å². The van der Waals surface area contributed by atoms with E-state index >= 15 is 0 Å². The van der Waals surface area contributed by atoms with Gasteiger partial charge in [0.2, 0.25) is 0 Å². The number of benzene rings is 3. The normalized spacial score (nSPS) is 13.4. The van der Waals surface area contributed by atoms with E-state index in [1.54, 1.807) is 7.11 Å². The highest BCUT2D eigenvalue weighted by atomic mass is 35.5. The number of hydrogen-bond donors (Lipinski definition) is 0. The fourth-order valence-electron chi connectivity index (χ4n) is 4.83. The zero-order chi connectivity index (χ0) is 29.1. The molecule has 0 unspecified atom stereocenters. The number of para-hydroxylation sites is 3. The number of hydrogen-bond acceptors (Lipinski definition) is 8. The van der Waals surface area contributed by atoms with Gasteiger partial charge in [-0.3, -0.25) is 9.36 Å². The van der Waals surface area contributed by atoms with Crippen molar-refractivity contribution in [2.75, 3.05) is 38.2 Å². The summed E-state index contributed by atoms with van der Waals surface area (Å²) in [5.74, 6) is 1.76. The molecule has 42 heavy (non-hydrogen) atoms. The fourth-order valence-corrected chi connectivity index (χ4v) is 7.04. The summed E-state index contributed by atoms with van der Waals surface area (Å²) in [5, 5.41) is 13.6. The second-order valence-corrected chi connectivity index (χ2v) is 12.1. The van der Waals surface area contributed by atoms with Crippen molar-refractivity contribution in [3.63, 3.8) is 0 Å². The summed E-state index contributed by atoms with van der Waals surface area (Å²) < 4.78 is 7.60. The van der Waals surface area contributed by atoms with E-state index in [-0.39, 0.29) is 5.91 Å². The zero-order valence-corrected chi connectivity index (χ0v) is 25.8. The Morgan fingerprint density at radius 3 is 2.33 bits per heavy atom. The van der Waals surface area contributed by atoms with E-state index in [1.165, 1.54) is 23.1 Å². The number of halogens is 2. The molecule has 1 fully saturated rings. The van der Waals surface area contributed by atoms with Gasteiger partial charge in [0.1, 0.15) is 16.5 Å². The van der Waals surface area contributed by atoms with E-state index in [0.717, 1.165) is 27.0 Å². The molecule has 1 saturated heterocycles. The summed E-state index contributed by atoms with van der Waals surface area (Å²) in [7, 11) is 1.63. The SMILES string of the molecule is COc1ccccc1-n1c(SCc2nc(C(=O)N3CCN(c4ccccc4Cl)CC3)cs2)nnc1-c1ccccc1Cl. The van der Waals surface area contributed by atoms with Gasteiger partial charge in [0.25, 0.3) is 5.91 Å². The highest BCUT2D eigenvalue weighted by Crippen LogP contribution is 2.36. The van der Waals surface area contributed by atoms with Gasteiger partial charge in [0.05, 0.1) is 34.3 Å². The van der Waals surface area contributed by atoms with Gasteiger partial charge in [0.15, 0.2) is 11.0 Å². The van der Waals surface area contributed by atoms with Crippen LogP contribution in [0.15, 0.2) is 83.3 Å². The number of anilines is 1. The number of carbonyl (C=O) groups excluding carboxylic acids is 1. The highest BCUT2D eigenvalue weighted by molar-refractivity contribution is 7.98. The van der Waals surface area contributed by atoms with E-state index < -0.39 is 0 Å². The van der Waals surface area contributed by atoms with Crippen LogP contribution in [0.4, 0.5) is 5.69 Å². The molecule has 0 radical (unpaired) electrons. The molecular formula is C30H26Cl2N6O2S2. The largest absolute Gasteiger partial charge is 0.495 e. The first-order valence-electron chi connectivity index (χ1n) is 13.2. The predicted molar refractivity (Wildman–Crippen MR) is 170 cm³/mol. The molecule has 2 aromatic heterocycles. The van der Waals surface area contributed by atoms with Gasteiger partial charge in [0, 0.05) is 37.1 Å². The molecular weight excluding hydrogens is 611 g/mol. The number of nitrogens with zero attached hydrogens (tertiary/aromatic N) is 6. The molecule has 0 saturated carbocycles. The molecule has 12 heteroatoms. The maximum Gasteiger partial charge on any atom is 0.273 e. The summed E-state index contributed by atoms with van der Waals surface area (Å²) in [6, 6.07) is 23.0. The number of ether oxygens (including phenoxy) is 1. The number of carbonyl (C=O) groups is 1. The van der Waals surface area contributed by atoms with Crippen LogP contribution in [0.1, 0.15) is 15.5 Å². The minimum Gasteiger partial charge on any atom is -0.495 e. The van der Waals surface area contributed by atoms with E-state index in [0.29, 0.717) is 59.4 Å². The van der Waals surface area contributed by atoms with Crippen LogP contribution >= 0.6 is 46.3 Å². The first kappa shape index (κ1) is 28.5. The number of piperazine rings is 1. The van der Waals surface area contributed by atoms with Gasteiger partial charge < -0.3 is 14.5 Å². The lowest BCUT2D eigenvalue weighted by Gasteiger charge is -2.36. The number of aromatic nitrogens is 4. The zero-order valence-electron chi connectivity index (χ0n) is 22.6. The van der Waals surface area contributed by atoms with Gasteiger partial charge >= 0.3 is 0 Å². The monoisotopic (exact) mass is 636 g/mol. The Morgan fingerprint density at radius 1 is 0.905 bits per heavy atom. The maximum absolute atomic E-state index is 13.3. The smallest absolute Gasteiger partial charge is 0.273 e. The Balaban J connectivity index is 1.18. The molecule has 0 bridgehead atoms. The first-order valence-corrected chi connectivity index (χ1v) is 15.8. The van der Waals surface area contributed by atoms with Gasteiger partial charge in [-0.1, -0.05) is 71.4 Å². The molecule has 6 rings (SSSR count). The summed E-state index contributed by atoms with van der Waals surface area (Å²) in [6.07, 6.45) is 0. The summed E-state index contributed by atoms with van der Waals surface area (Å²) >= 11 is 15.9. The van der Waals surface area contributed by atoms with Crippen LogP contribution in [0.2, 0.25) is 10.0 Å². The maximum atomic E-state index is 13.3. The van der Waals surface area contributed by atoms with E-state index in [1.807, 2.05) is 87.6 Å². The highest BCUT2D eigenvalue weighted by Gasteiger charge is 2.25. The van der Waals surface area contributed by atoms with E-state index in [2.05, 4.69) is 20.1 Å². The van der Waals surface area contributed by atoms with Gasteiger partial charge in [-0.25, -0.2) is 4.98 Å². The number of rotatable bonds is 8. The fraction of sp³-hybridized carbons (Fsp3) is 0.200. The van der Waals surface area contributed by atoms with Crippen LogP contribution in [0, 0.1) is 0 Å². The van der Waals surface area contributed by atoms with Crippen LogP contribution in [0.5, 0.6) is 5.75 Å². The molecule has 8 nitrogen and oxygen atoms in total. The van der Waals surface area contributed by atoms with Crippen molar-refractivity contribution >= 4 is 57.9 Å². The van der Waals surface area contributed by atoms with Crippen LogP contribution in [-0.2, 0) is 5.75 Å². The Kier molecular flexibility index (Phi) is 8.66. The minimum absolute atomic E-state index is 0.0560. The molecule has 1 aliphatic heterocycles. The summed E-state index contributed by atoms with van der Waals surface area (Å²) in [5.41, 5.74) is 3.03. The predicted octanol–water partition coefficient (Wildman–Crippen LogP) is 6.96. The average molecular weight is 638 g/mol. The Morgan fingerprint density at radius 2 is 1.60 bits per heavy atom. The average Bonchev–Trinajstić information content (AvgIpc) is 3.68. The molecule has 3 heterocycles. The third-order valence-corrected chi connectivity index (χ3v) is 9.55. The van der Waals surface area contributed by atoms with Crippen molar-refractivity contribution in [1.29, 1.82) is 0 Å². The quantitative estimate of drug-likeness (QED) is 0.170. The van der Waals surface area contributed by atoms with Crippen molar-refractivity contribution in [1.82, 2.24) is 24.6 Å². The van der Waals surface area contributed by atoms with Crippen molar-refractivity contribution in [2.24, 2.45) is 0 Å². The van der Waals surface area contributed by atoms with Crippen LogP contribution < -0.4 is 9.64 Å². The number of thioether (sulfide) groups is 1. The van der Waals surface area contributed by atoms with Gasteiger partial charge in [-0.2, -0.15) is 0 Å². The van der Waals surface area contributed by atoms with E-state index in [9.17, 15) is 4.79 Å². The lowest BCUT2D eigenvalue weighted by Crippen LogP contribution is -2.49. The molecule has 0 N–H and O–H groups in total. The standard InChI is InChI=1S/C30H26Cl2N6O2S2/c1-40-26-13-7-6-12-25(26)38-28(20-8-2-3-9-21(20)31)34-35-30(38)42-19-27-33-23(18-41-27)29(39)37-16-14-36(15-17-37)24-11-5-4-10-22(24)32/h2-13,18H,14-17,19H2,1H3. The summed E-state index contributed by atoms with van der Waals surface area (Å²) in [4.78, 5) is 22.0. The Hall–Kier alpha value is -3.57. The molecule has 214 valence electrons. The lowest BCUT2D eigenvalue weighted by atomic mass is 10.2. The van der Waals surface area contributed by atoms with Crippen LogP contribution in [0.25, 0.3) is 17.1 Å². The molecule has 0 aliphatic carbocycles. The number of amides is 1. The van der Waals surface area contributed by atoms with Gasteiger partial charge in [-0.15, -0.1) is 21.5 Å². The van der Waals surface area contributed by atoms with Crippen molar-refractivity contribution < 1.29 is 9.53 Å². The topological polar surface area (TPSA) is 76.4 Å². The molecule has 3 aromatic carbocycles. The molecule has 0 atom stereocenters. The van der Waals surface area contributed by atoms with Crippen LogP contribution in [0.3, 0.4) is 0 Å². The second kappa shape index (κ2) is 12.7. The Bertz CT molecular complexity index is 1720. The van der Waals surface area contributed by atoms with Crippen LogP contribution in [-0.4, -0.2) is 63.8 Å². The third-order valence-electron chi connectivity index (χ3n) is 6.93. The molecule has 1 amide bonds. The summed E-state index contributed by atoms with van der Waals surface area (Å²) in [6.45, 7) is 2.65. The van der Waals surface area contributed by atoms with Crippen molar-refractivity contribution in [3.8, 4) is 22.8 Å². The Labute approximate surface area is 261 Å². The second-order valence-electron chi connectivity index (χ2n) is 9.44. The molecule has 5 aromatic rings. The molecule has 0 spiro atoms. The third kappa shape index (κ3) is 5.85. The lowest BCUT2D eigenvalue weighted by molar-refractivity contribution is 0.0741.